The molecule has 1 rings (SSSR count). The third-order valence-electron chi connectivity index (χ3n) is 2.14. The van der Waals surface area contributed by atoms with E-state index in [2.05, 4.69) is 0 Å². The van der Waals surface area contributed by atoms with Gasteiger partial charge in [0.25, 0.3) is 0 Å². The van der Waals surface area contributed by atoms with Crippen molar-refractivity contribution in [2.75, 3.05) is 6.61 Å². The molecule has 0 unspecified atom stereocenters. The average Bonchev–Trinajstić information content (AvgIpc) is 2.30. The van der Waals surface area contributed by atoms with Crippen molar-refractivity contribution >= 4 is 0 Å². The molecule has 1 aromatic carbocycles. The standard InChI is InChI=1S/C12H15NO3/c13-7-6-11(14)12(15)9-16-8-10-4-2-1-3-5-10/h1-5,11-12,14-15H,6,8-9H2/t11-,12+/m0/s1. The topological polar surface area (TPSA) is 73.5 Å². The molecule has 0 bridgehead atoms. The van der Waals surface area contributed by atoms with Gasteiger partial charge in [0.05, 0.1) is 31.8 Å². The molecule has 2 atom stereocenters. The van der Waals surface area contributed by atoms with Gasteiger partial charge in [0.15, 0.2) is 0 Å². The predicted molar refractivity (Wildman–Crippen MR) is 58.3 cm³/mol. The number of rotatable bonds is 6. The van der Waals surface area contributed by atoms with Crippen molar-refractivity contribution in [3.63, 3.8) is 0 Å². The van der Waals surface area contributed by atoms with Crippen LogP contribution < -0.4 is 0 Å². The van der Waals surface area contributed by atoms with Crippen LogP contribution in [0.15, 0.2) is 30.3 Å². The fourth-order valence-electron chi connectivity index (χ4n) is 1.21. The van der Waals surface area contributed by atoms with Crippen LogP contribution in [0.3, 0.4) is 0 Å². The number of nitrogens with zero attached hydrogens (tertiary/aromatic N) is 1. The first-order chi connectivity index (χ1) is 7.74. The van der Waals surface area contributed by atoms with E-state index in [0.29, 0.717) is 6.61 Å². The van der Waals surface area contributed by atoms with Gasteiger partial charge >= 0.3 is 0 Å². The number of aliphatic hydroxyl groups is 2. The molecular formula is C12H15NO3. The van der Waals surface area contributed by atoms with Crippen molar-refractivity contribution in [2.45, 2.75) is 25.2 Å². The maximum atomic E-state index is 9.40. The molecule has 1 aromatic rings. The van der Waals surface area contributed by atoms with E-state index in [1.807, 2.05) is 30.3 Å². The number of ether oxygens (including phenoxy) is 1. The summed E-state index contributed by atoms with van der Waals surface area (Å²) in [7, 11) is 0. The molecule has 0 spiro atoms. The molecule has 4 nitrogen and oxygen atoms in total. The summed E-state index contributed by atoms with van der Waals surface area (Å²) in [5.41, 5.74) is 1.00. The first-order valence-electron chi connectivity index (χ1n) is 5.08. The zero-order valence-corrected chi connectivity index (χ0v) is 8.91. The van der Waals surface area contributed by atoms with E-state index in [4.69, 9.17) is 10.00 Å². The third kappa shape index (κ3) is 4.41. The Kier molecular flexibility index (Phi) is 5.51. The van der Waals surface area contributed by atoms with Gasteiger partial charge in [0.1, 0.15) is 6.10 Å². The molecule has 2 N–H and O–H groups in total. The average molecular weight is 221 g/mol. The van der Waals surface area contributed by atoms with Crippen LogP contribution >= 0.6 is 0 Å². The van der Waals surface area contributed by atoms with E-state index in [0.717, 1.165) is 5.56 Å². The number of hydrogen-bond donors (Lipinski definition) is 2. The van der Waals surface area contributed by atoms with Crippen molar-refractivity contribution in [3.05, 3.63) is 35.9 Å². The quantitative estimate of drug-likeness (QED) is 0.746. The van der Waals surface area contributed by atoms with Crippen molar-refractivity contribution in [1.29, 1.82) is 5.26 Å². The summed E-state index contributed by atoms with van der Waals surface area (Å²) >= 11 is 0. The van der Waals surface area contributed by atoms with E-state index in [9.17, 15) is 10.2 Å². The van der Waals surface area contributed by atoms with Gasteiger partial charge in [-0.05, 0) is 5.56 Å². The lowest BCUT2D eigenvalue weighted by Crippen LogP contribution is -2.30. The molecule has 0 aliphatic rings. The number of nitriles is 1. The summed E-state index contributed by atoms with van der Waals surface area (Å²) in [6.45, 7) is 0.412. The Morgan fingerprint density at radius 3 is 2.50 bits per heavy atom. The molecule has 86 valence electrons. The second kappa shape index (κ2) is 6.96. The van der Waals surface area contributed by atoms with E-state index < -0.39 is 12.2 Å². The Hall–Kier alpha value is -1.41. The van der Waals surface area contributed by atoms with Gasteiger partial charge in [-0.25, -0.2) is 0 Å². The highest BCUT2D eigenvalue weighted by Crippen LogP contribution is 2.03. The minimum atomic E-state index is -1.04. The molecule has 0 aliphatic heterocycles. The van der Waals surface area contributed by atoms with E-state index >= 15 is 0 Å². The van der Waals surface area contributed by atoms with Crippen LogP contribution in [-0.4, -0.2) is 29.0 Å². The fourth-order valence-corrected chi connectivity index (χ4v) is 1.21. The molecule has 16 heavy (non-hydrogen) atoms. The molecule has 0 saturated carbocycles. The third-order valence-corrected chi connectivity index (χ3v) is 2.14. The number of hydrogen-bond acceptors (Lipinski definition) is 4. The molecule has 0 fully saturated rings. The van der Waals surface area contributed by atoms with Crippen LogP contribution in [0.1, 0.15) is 12.0 Å². The van der Waals surface area contributed by atoms with Crippen LogP contribution in [0.25, 0.3) is 0 Å². The van der Waals surface area contributed by atoms with Crippen molar-refractivity contribution in [1.82, 2.24) is 0 Å². The molecule has 0 amide bonds. The van der Waals surface area contributed by atoms with E-state index in [1.54, 1.807) is 6.07 Å². The highest BCUT2D eigenvalue weighted by atomic mass is 16.5. The predicted octanol–water partition coefficient (Wildman–Crippen LogP) is 0.839. The SMILES string of the molecule is N#CC[C@H](O)[C@H](O)COCc1ccccc1. The zero-order valence-electron chi connectivity index (χ0n) is 8.91. The second-order valence-corrected chi connectivity index (χ2v) is 3.50. The van der Waals surface area contributed by atoms with Gasteiger partial charge in [0, 0.05) is 0 Å². The van der Waals surface area contributed by atoms with Gasteiger partial charge in [-0.2, -0.15) is 5.26 Å². The van der Waals surface area contributed by atoms with Gasteiger partial charge in [-0.1, -0.05) is 30.3 Å². The number of benzene rings is 1. The first-order valence-corrected chi connectivity index (χ1v) is 5.08. The number of aliphatic hydroxyl groups excluding tert-OH is 2. The Morgan fingerprint density at radius 1 is 1.19 bits per heavy atom. The maximum Gasteiger partial charge on any atom is 0.104 e. The van der Waals surface area contributed by atoms with Gasteiger partial charge < -0.3 is 14.9 Å². The Balaban J connectivity index is 2.23. The van der Waals surface area contributed by atoms with E-state index in [-0.39, 0.29) is 13.0 Å². The first kappa shape index (κ1) is 12.7. The summed E-state index contributed by atoms with van der Waals surface area (Å²) in [6.07, 6.45) is -2.14. The highest BCUT2D eigenvalue weighted by molar-refractivity contribution is 5.13. The lowest BCUT2D eigenvalue weighted by atomic mass is 10.1. The van der Waals surface area contributed by atoms with E-state index in [1.165, 1.54) is 0 Å². The zero-order chi connectivity index (χ0) is 11.8. The van der Waals surface area contributed by atoms with Crippen LogP contribution in [0, 0.1) is 11.3 Å². The fraction of sp³-hybridized carbons (Fsp3) is 0.417. The minimum Gasteiger partial charge on any atom is -0.389 e. The van der Waals surface area contributed by atoms with Crippen LogP contribution in [0.5, 0.6) is 0 Å². The monoisotopic (exact) mass is 221 g/mol. The molecule has 0 saturated heterocycles. The van der Waals surface area contributed by atoms with Gasteiger partial charge in [-0.3, -0.25) is 0 Å². The normalized spacial score (nSPS) is 14.1. The lowest BCUT2D eigenvalue weighted by molar-refractivity contribution is -0.0400. The second-order valence-electron chi connectivity index (χ2n) is 3.50. The Morgan fingerprint density at radius 2 is 1.88 bits per heavy atom. The highest BCUT2D eigenvalue weighted by Gasteiger charge is 2.15. The molecule has 4 heteroatoms. The maximum absolute atomic E-state index is 9.40. The van der Waals surface area contributed by atoms with Crippen LogP contribution in [0.2, 0.25) is 0 Å². The van der Waals surface area contributed by atoms with Crippen molar-refractivity contribution < 1.29 is 14.9 Å². The largest absolute Gasteiger partial charge is 0.389 e. The van der Waals surface area contributed by atoms with Gasteiger partial charge in [0.2, 0.25) is 0 Å². The Labute approximate surface area is 94.7 Å². The summed E-state index contributed by atoms with van der Waals surface area (Å²) in [6, 6.07) is 11.3. The lowest BCUT2D eigenvalue weighted by Gasteiger charge is -2.15. The van der Waals surface area contributed by atoms with Crippen LogP contribution in [0.4, 0.5) is 0 Å². The summed E-state index contributed by atoms with van der Waals surface area (Å²) in [4.78, 5) is 0. The molecule has 0 heterocycles. The molecule has 0 aliphatic carbocycles. The Bertz CT molecular complexity index is 334. The minimum absolute atomic E-state index is 0.0255. The summed E-state index contributed by atoms with van der Waals surface area (Å²) in [5, 5.41) is 27.0. The molecular weight excluding hydrogens is 206 g/mol. The van der Waals surface area contributed by atoms with Gasteiger partial charge in [-0.15, -0.1) is 0 Å². The van der Waals surface area contributed by atoms with Crippen molar-refractivity contribution in [2.24, 2.45) is 0 Å². The summed E-state index contributed by atoms with van der Waals surface area (Å²) in [5.74, 6) is 0. The molecule has 0 radical (unpaired) electrons. The smallest absolute Gasteiger partial charge is 0.104 e. The van der Waals surface area contributed by atoms with Crippen molar-refractivity contribution in [3.8, 4) is 6.07 Å². The summed E-state index contributed by atoms with van der Waals surface area (Å²) < 4.78 is 5.23. The molecule has 0 aromatic heterocycles. The van der Waals surface area contributed by atoms with Crippen LogP contribution in [-0.2, 0) is 11.3 Å².